The van der Waals surface area contributed by atoms with Crippen molar-refractivity contribution < 1.29 is 58.3 Å². The van der Waals surface area contributed by atoms with E-state index >= 15 is 0 Å². The molecule has 0 heterocycles. The summed E-state index contributed by atoms with van der Waals surface area (Å²) in [6, 6.07) is 0. The van der Waals surface area contributed by atoms with Crippen LogP contribution in [-0.2, 0) is 27.9 Å². The van der Waals surface area contributed by atoms with Gasteiger partial charge in [0, 0.05) is 13.0 Å². The topological polar surface area (TPSA) is 192 Å². The van der Waals surface area contributed by atoms with Crippen LogP contribution in [0.1, 0.15) is 213 Å². The third-order valence-electron chi connectivity index (χ3n) is 11.6. The van der Waals surface area contributed by atoms with Gasteiger partial charge in [-0.3, -0.25) is 13.8 Å². The molecule has 1 saturated carbocycles. The molecule has 0 aromatic heterocycles. The number of aliphatic hydroxyl groups is 5. The number of hydrogen-bond donors (Lipinski definition) is 6. The monoisotopic (exact) mass is 891 g/mol. The van der Waals surface area contributed by atoms with E-state index in [2.05, 4.69) is 38.2 Å². The van der Waals surface area contributed by atoms with Gasteiger partial charge < -0.3 is 39.9 Å². The molecule has 1 rings (SSSR count). The number of hydrogen-bond acceptors (Lipinski definition) is 11. The Bertz CT molecular complexity index is 1110. The van der Waals surface area contributed by atoms with Crippen LogP contribution in [0.15, 0.2) is 24.3 Å². The highest BCUT2D eigenvalue weighted by atomic mass is 31.2. The molecule has 0 radical (unpaired) electrons. The molecule has 6 N–H and O–H groups in total. The number of carbonyl (C=O) groups is 1. The number of aliphatic hydroxyl groups excluding tert-OH is 5. The highest BCUT2D eigenvalue weighted by Crippen LogP contribution is 2.47. The molecular weight excluding hydrogens is 799 g/mol. The van der Waals surface area contributed by atoms with Gasteiger partial charge in [-0.2, -0.15) is 0 Å². The van der Waals surface area contributed by atoms with Crippen molar-refractivity contribution >= 4 is 13.8 Å². The lowest BCUT2D eigenvalue weighted by Gasteiger charge is -2.41. The summed E-state index contributed by atoms with van der Waals surface area (Å²) in [5.41, 5.74) is 0. The largest absolute Gasteiger partial charge is 0.472 e. The van der Waals surface area contributed by atoms with Gasteiger partial charge >= 0.3 is 13.8 Å². The van der Waals surface area contributed by atoms with Crippen molar-refractivity contribution in [1.82, 2.24) is 0 Å². The molecule has 0 aliphatic heterocycles. The van der Waals surface area contributed by atoms with Crippen molar-refractivity contribution in [3.05, 3.63) is 24.3 Å². The first-order chi connectivity index (χ1) is 29.5. The third-order valence-corrected chi connectivity index (χ3v) is 12.6. The Hall–Kier alpha value is -1.18. The minimum absolute atomic E-state index is 0.0800. The lowest BCUT2D eigenvalue weighted by atomic mass is 9.85. The van der Waals surface area contributed by atoms with Gasteiger partial charge in [0.15, 0.2) is 0 Å². The van der Waals surface area contributed by atoms with Gasteiger partial charge in [-0.15, -0.1) is 0 Å². The number of unbranched alkanes of at least 4 members (excludes halogenated alkanes) is 26. The summed E-state index contributed by atoms with van der Waals surface area (Å²) in [5, 5.41) is 50.2. The van der Waals surface area contributed by atoms with Gasteiger partial charge in [-0.05, 0) is 38.5 Å². The molecule has 12 nitrogen and oxygen atoms in total. The van der Waals surface area contributed by atoms with E-state index in [9.17, 15) is 39.8 Å². The number of rotatable bonds is 42. The number of ether oxygens (including phenoxy) is 2. The van der Waals surface area contributed by atoms with Crippen LogP contribution >= 0.6 is 7.82 Å². The summed E-state index contributed by atoms with van der Waals surface area (Å²) in [5.74, 6) is -0.477. The minimum atomic E-state index is -5.02. The molecule has 6 atom stereocenters. The van der Waals surface area contributed by atoms with Crippen molar-refractivity contribution in [2.24, 2.45) is 0 Å². The fourth-order valence-corrected chi connectivity index (χ4v) is 8.58. The van der Waals surface area contributed by atoms with Crippen LogP contribution in [0.3, 0.4) is 0 Å². The zero-order chi connectivity index (χ0) is 44.8. The first kappa shape index (κ1) is 57.8. The average Bonchev–Trinajstić information content (AvgIpc) is 3.24. The maximum Gasteiger partial charge on any atom is 0.472 e. The van der Waals surface area contributed by atoms with Gasteiger partial charge in [0.25, 0.3) is 0 Å². The Labute approximate surface area is 370 Å². The molecule has 360 valence electrons. The minimum Gasteiger partial charge on any atom is -0.457 e. The second kappa shape index (κ2) is 39.2. The van der Waals surface area contributed by atoms with Crippen molar-refractivity contribution in [2.75, 3.05) is 19.8 Å². The molecule has 0 aromatic carbocycles. The molecule has 1 fully saturated rings. The van der Waals surface area contributed by atoms with Crippen molar-refractivity contribution in [1.29, 1.82) is 0 Å². The molecule has 1 aliphatic carbocycles. The first-order valence-electron chi connectivity index (χ1n) is 24.7. The van der Waals surface area contributed by atoms with Crippen LogP contribution in [0.2, 0.25) is 0 Å². The zero-order valence-corrected chi connectivity index (χ0v) is 39.4. The van der Waals surface area contributed by atoms with Crippen molar-refractivity contribution in [2.45, 2.75) is 256 Å². The smallest absolute Gasteiger partial charge is 0.457 e. The number of esters is 1. The lowest BCUT2D eigenvalue weighted by molar-refractivity contribution is -0.220. The van der Waals surface area contributed by atoms with Gasteiger partial charge in [-0.25, -0.2) is 4.57 Å². The van der Waals surface area contributed by atoms with Crippen LogP contribution in [0.4, 0.5) is 0 Å². The number of phosphoric ester groups is 1. The highest BCUT2D eigenvalue weighted by molar-refractivity contribution is 7.47. The summed E-state index contributed by atoms with van der Waals surface area (Å²) in [6.07, 6.45) is 32.4. The summed E-state index contributed by atoms with van der Waals surface area (Å²) in [4.78, 5) is 23.2. The summed E-state index contributed by atoms with van der Waals surface area (Å²) in [6.45, 7) is 4.22. The molecule has 0 bridgehead atoms. The molecule has 0 aromatic rings. The predicted molar refractivity (Wildman–Crippen MR) is 244 cm³/mol. The van der Waals surface area contributed by atoms with Crippen molar-refractivity contribution in [3.8, 4) is 0 Å². The first-order valence-corrected chi connectivity index (χ1v) is 26.2. The van der Waals surface area contributed by atoms with E-state index in [1.807, 2.05) is 0 Å². The van der Waals surface area contributed by atoms with E-state index in [1.54, 1.807) is 0 Å². The second-order valence-corrected chi connectivity index (χ2v) is 18.7. The van der Waals surface area contributed by atoms with E-state index in [4.69, 9.17) is 18.5 Å². The summed E-state index contributed by atoms with van der Waals surface area (Å²) >= 11 is 0. The SMILES string of the molecule is CCCC/C=C\C/C=C\CCCCCCCCOCC(COP(=O)(O)OC1C(O)C(O)C(O)C(O)C1O)OC(=O)CCCCCCCCCCCCCCCCCCCCC. The number of phosphoric acid groups is 1. The number of allylic oxidation sites excluding steroid dienone is 4. The molecule has 13 heteroatoms. The zero-order valence-electron chi connectivity index (χ0n) is 38.5. The van der Waals surface area contributed by atoms with Crippen molar-refractivity contribution in [3.63, 3.8) is 0 Å². The van der Waals surface area contributed by atoms with E-state index in [1.165, 1.54) is 122 Å². The lowest BCUT2D eigenvalue weighted by Crippen LogP contribution is -2.64. The Balaban J connectivity index is 2.35. The van der Waals surface area contributed by atoms with Crippen LogP contribution in [0.5, 0.6) is 0 Å². The van der Waals surface area contributed by atoms with Crippen LogP contribution in [0.25, 0.3) is 0 Å². The Morgan fingerprint density at radius 2 is 0.934 bits per heavy atom. The Morgan fingerprint density at radius 1 is 0.525 bits per heavy atom. The van der Waals surface area contributed by atoms with E-state index in [0.717, 1.165) is 64.2 Å². The molecular formula is C48H91O12P. The normalized spacial score (nSPS) is 22.3. The Kier molecular flexibility index (Phi) is 37.2. The van der Waals surface area contributed by atoms with E-state index < -0.39 is 63.1 Å². The predicted octanol–water partition coefficient (Wildman–Crippen LogP) is 10.5. The fourth-order valence-electron chi connectivity index (χ4n) is 7.61. The maximum atomic E-state index is 12.8. The highest BCUT2D eigenvalue weighted by Gasteiger charge is 2.51. The number of carbonyl (C=O) groups excluding carboxylic acids is 1. The molecule has 61 heavy (non-hydrogen) atoms. The van der Waals surface area contributed by atoms with Gasteiger partial charge in [0.2, 0.25) is 0 Å². The van der Waals surface area contributed by atoms with E-state index in [0.29, 0.717) is 13.0 Å². The fraction of sp³-hybridized carbons (Fsp3) is 0.896. The van der Waals surface area contributed by atoms with Gasteiger partial charge in [-0.1, -0.05) is 192 Å². The molecule has 0 spiro atoms. The summed E-state index contributed by atoms with van der Waals surface area (Å²) in [7, 11) is -5.02. The Morgan fingerprint density at radius 3 is 1.43 bits per heavy atom. The second-order valence-electron chi connectivity index (χ2n) is 17.3. The molecule has 0 amide bonds. The van der Waals surface area contributed by atoms with E-state index in [-0.39, 0.29) is 13.0 Å². The summed E-state index contributed by atoms with van der Waals surface area (Å²) < 4.78 is 34.2. The standard InChI is InChI=1S/C48H91O12P/c1-3-5-7-9-11-13-15-17-19-20-21-22-23-25-27-29-31-33-35-37-42(49)59-41(40-58-61(55,56)60-48-46(53)44(51)43(50)45(52)47(48)54)39-57-38-36-34-32-30-28-26-24-18-16-14-12-10-8-6-4-2/h10,12,16,18,41,43-48,50-54H,3-9,11,13-15,17,19-40H2,1-2H3,(H,55,56)/b12-10-,18-16-. The van der Waals surface area contributed by atoms with Crippen LogP contribution in [-0.4, -0.2) is 98.9 Å². The quantitative estimate of drug-likeness (QED) is 0.0147. The van der Waals surface area contributed by atoms with Gasteiger partial charge in [0.1, 0.15) is 42.7 Å². The average molecular weight is 891 g/mol. The third kappa shape index (κ3) is 31.4. The van der Waals surface area contributed by atoms with Crippen LogP contribution in [0, 0.1) is 0 Å². The molecule has 6 unspecified atom stereocenters. The maximum absolute atomic E-state index is 12.8. The molecule has 0 saturated heterocycles. The molecule has 1 aliphatic rings. The van der Waals surface area contributed by atoms with Gasteiger partial charge in [0.05, 0.1) is 13.2 Å². The van der Waals surface area contributed by atoms with Crippen LogP contribution < -0.4 is 0 Å².